The molecular formula is C21H16ClNO7S. The summed E-state index contributed by atoms with van der Waals surface area (Å²) in [5.41, 5.74) is 0.475. The number of hydrogen-bond donors (Lipinski definition) is 0. The quantitative estimate of drug-likeness (QED) is 0.364. The number of nitrogens with zero attached hydrogens (tertiary/aromatic N) is 1. The second-order valence-electron chi connectivity index (χ2n) is 6.09. The smallest absolute Gasteiger partial charge is 0.345 e. The van der Waals surface area contributed by atoms with Crippen LogP contribution in [-0.4, -0.2) is 48.7 Å². The Kier molecular flexibility index (Phi) is 6.98. The van der Waals surface area contributed by atoms with Gasteiger partial charge in [0.25, 0.3) is 11.1 Å². The molecule has 2 aromatic carbocycles. The minimum Gasteiger partial charge on any atom is -0.493 e. The molecule has 1 fully saturated rings. The highest BCUT2D eigenvalue weighted by atomic mass is 35.5. The van der Waals surface area contributed by atoms with Gasteiger partial charge >= 0.3 is 11.9 Å². The SMILES string of the molecule is COC(=O)CN1C(=O)S/C(=C\c2cccc(OC)c2OC(=O)c2ccccc2Cl)C1=O. The van der Waals surface area contributed by atoms with Gasteiger partial charge in [0.15, 0.2) is 11.5 Å². The second-order valence-corrected chi connectivity index (χ2v) is 7.49. The van der Waals surface area contributed by atoms with Crippen LogP contribution in [0.5, 0.6) is 11.5 Å². The molecular weight excluding hydrogens is 446 g/mol. The lowest BCUT2D eigenvalue weighted by molar-refractivity contribution is -0.143. The Hall–Kier alpha value is -3.30. The Balaban J connectivity index is 1.95. The van der Waals surface area contributed by atoms with Crippen LogP contribution in [0.15, 0.2) is 47.4 Å². The Bertz CT molecular complexity index is 1100. The zero-order chi connectivity index (χ0) is 22.5. The van der Waals surface area contributed by atoms with Crippen molar-refractivity contribution in [1.29, 1.82) is 0 Å². The number of benzene rings is 2. The molecule has 0 bridgehead atoms. The summed E-state index contributed by atoms with van der Waals surface area (Å²) in [5, 5.41) is -0.396. The van der Waals surface area contributed by atoms with Gasteiger partial charge in [0.2, 0.25) is 0 Å². The van der Waals surface area contributed by atoms with Crippen LogP contribution < -0.4 is 9.47 Å². The van der Waals surface area contributed by atoms with Gasteiger partial charge in [-0.3, -0.25) is 19.3 Å². The first-order valence-corrected chi connectivity index (χ1v) is 10.0. The van der Waals surface area contributed by atoms with E-state index in [9.17, 15) is 19.2 Å². The van der Waals surface area contributed by atoms with Crippen molar-refractivity contribution in [3.8, 4) is 11.5 Å². The van der Waals surface area contributed by atoms with E-state index in [2.05, 4.69) is 4.74 Å². The van der Waals surface area contributed by atoms with Crippen molar-refractivity contribution in [3.63, 3.8) is 0 Å². The summed E-state index contributed by atoms with van der Waals surface area (Å²) in [6, 6.07) is 11.2. The van der Waals surface area contributed by atoms with E-state index in [4.69, 9.17) is 21.1 Å². The molecule has 1 heterocycles. The average molecular weight is 462 g/mol. The van der Waals surface area contributed by atoms with Gasteiger partial charge in [-0.25, -0.2) is 4.79 Å². The van der Waals surface area contributed by atoms with Crippen molar-refractivity contribution >= 4 is 52.5 Å². The fourth-order valence-corrected chi connectivity index (χ4v) is 3.70. The Labute approximate surface area is 186 Å². The van der Waals surface area contributed by atoms with E-state index in [0.717, 1.165) is 12.0 Å². The molecule has 0 radical (unpaired) electrons. The molecule has 10 heteroatoms. The number of esters is 2. The van der Waals surface area contributed by atoms with E-state index < -0.39 is 29.6 Å². The van der Waals surface area contributed by atoms with E-state index in [1.165, 1.54) is 19.3 Å². The number of ether oxygens (including phenoxy) is 3. The van der Waals surface area contributed by atoms with Gasteiger partial charge in [0.05, 0.1) is 29.7 Å². The number of thioether (sulfide) groups is 1. The van der Waals surface area contributed by atoms with Crippen LogP contribution >= 0.6 is 23.4 Å². The Morgan fingerprint density at radius 1 is 1.10 bits per heavy atom. The number of carbonyl (C=O) groups is 4. The Morgan fingerprint density at radius 3 is 2.52 bits per heavy atom. The molecule has 8 nitrogen and oxygen atoms in total. The summed E-state index contributed by atoms with van der Waals surface area (Å²) in [7, 11) is 2.56. The zero-order valence-electron chi connectivity index (χ0n) is 16.4. The first-order chi connectivity index (χ1) is 14.8. The molecule has 1 saturated heterocycles. The molecule has 0 unspecified atom stereocenters. The minimum atomic E-state index is -0.723. The number of hydrogen-bond acceptors (Lipinski definition) is 8. The molecule has 0 N–H and O–H groups in total. The first kappa shape index (κ1) is 22.4. The Morgan fingerprint density at radius 2 is 1.84 bits per heavy atom. The van der Waals surface area contributed by atoms with Crippen LogP contribution in [0.3, 0.4) is 0 Å². The normalized spacial score (nSPS) is 14.7. The van der Waals surface area contributed by atoms with Crippen molar-refractivity contribution in [2.45, 2.75) is 0 Å². The van der Waals surface area contributed by atoms with Crippen LogP contribution in [0, 0.1) is 0 Å². The largest absolute Gasteiger partial charge is 0.493 e. The standard InChI is InChI=1S/C21H16ClNO7S/c1-28-15-9-5-6-12(18(15)30-20(26)13-7-3-4-8-14(13)22)10-16-19(25)23(21(27)31-16)11-17(24)29-2/h3-10H,11H2,1-2H3/b16-10-. The third kappa shape index (κ3) is 4.89. The van der Waals surface area contributed by atoms with Crippen LogP contribution in [0.2, 0.25) is 5.02 Å². The van der Waals surface area contributed by atoms with Crippen molar-refractivity contribution in [3.05, 3.63) is 63.5 Å². The minimum absolute atomic E-state index is 0.0506. The molecule has 1 aliphatic heterocycles. The zero-order valence-corrected chi connectivity index (χ0v) is 18.0. The van der Waals surface area contributed by atoms with Gasteiger partial charge in [-0.2, -0.15) is 0 Å². The monoisotopic (exact) mass is 461 g/mol. The van der Waals surface area contributed by atoms with Crippen molar-refractivity contribution < 1.29 is 33.4 Å². The highest BCUT2D eigenvalue weighted by Gasteiger charge is 2.37. The summed E-state index contributed by atoms with van der Waals surface area (Å²) in [6.45, 7) is -0.495. The molecule has 160 valence electrons. The number of imide groups is 1. The predicted octanol–water partition coefficient (Wildman–Crippen LogP) is 3.78. The van der Waals surface area contributed by atoms with Gasteiger partial charge in [-0.05, 0) is 36.0 Å². The number of amides is 2. The van der Waals surface area contributed by atoms with Crippen molar-refractivity contribution in [1.82, 2.24) is 4.90 Å². The fourth-order valence-electron chi connectivity index (χ4n) is 2.66. The number of halogens is 1. The van der Waals surface area contributed by atoms with E-state index in [1.54, 1.807) is 36.4 Å². The predicted molar refractivity (Wildman–Crippen MR) is 114 cm³/mol. The highest BCUT2D eigenvalue weighted by Crippen LogP contribution is 2.38. The number of carbonyl (C=O) groups excluding carboxylic acids is 4. The molecule has 3 rings (SSSR count). The molecule has 0 aliphatic carbocycles. The molecule has 0 atom stereocenters. The van der Waals surface area contributed by atoms with E-state index in [1.807, 2.05) is 0 Å². The van der Waals surface area contributed by atoms with Gasteiger partial charge in [-0.15, -0.1) is 0 Å². The second kappa shape index (κ2) is 9.67. The lowest BCUT2D eigenvalue weighted by atomic mass is 10.1. The van der Waals surface area contributed by atoms with Crippen LogP contribution in [-0.2, 0) is 14.3 Å². The maximum Gasteiger partial charge on any atom is 0.345 e. The third-order valence-corrected chi connectivity index (χ3v) is 5.43. The molecule has 31 heavy (non-hydrogen) atoms. The van der Waals surface area contributed by atoms with Gasteiger partial charge in [0, 0.05) is 5.56 Å². The fraction of sp³-hybridized carbons (Fsp3) is 0.143. The van der Waals surface area contributed by atoms with E-state index in [0.29, 0.717) is 17.3 Å². The first-order valence-electron chi connectivity index (χ1n) is 8.81. The van der Waals surface area contributed by atoms with Crippen molar-refractivity contribution in [2.24, 2.45) is 0 Å². The topological polar surface area (TPSA) is 99.2 Å². The molecule has 0 spiro atoms. The van der Waals surface area contributed by atoms with Gasteiger partial charge in [0.1, 0.15) is 6.54 Å². The average Bonchev–Trinajstić information content (AvgIpc) is 3.02. The van der Waals surface area contributed by atoms with E-state index >= 15 is 0 Å². The lowest BCUT2D eigenvalue weighted by Gasteiger charge is -2.13. The van der Waals surface area contributed by atoms with Gasteiger partial charge in [-0.1, -0.05) is 35.9 Å². The summed E-state index contributed by atoms with van der Waals surface area (Å²) >= 11 is 6.73. The number of methoxy groups -OCH3 is 2. The van der Waals surface area contributed by atoms with E-state index in [-0.39, 0.29) is 27.0 Å². The summed E-state index contributed by atoms with van der Waals surface area (Å²) < 4.78 is 15.3. The van der Waals surface area contributed by atoms with Crippen molar-refractivity contribution in [2.75, 3.05) is 20.8 Å². The van der Waals surface area contributed by atoms with Crippen LogP contribution in [0.4, 0.5) is 4.79 Å². The van der Waals surface area contributed by atoms with Crippen LogP contribution in [0.1, 0.15) is 15.9 Å². The molecule has 2 aromatic rings. The molecule has 1 aliphatic rings. The maximum absolute atomic E-state index is 12.6. The summed E-state index contributed by atoms with van der Waals surface area (Å²) in [4.78, 5) is 49.7. The number of para-hydroxylation sites is 1. The molecule has 2 amide bonds. The third-order valence-electron chi connectivity index (χ3n) is 4.19. The summed E-state index contributed by atoms with van der Waals surface area (Å²) in [6.07, 6.45) is 1.39. The highest BCUT2D eigenvalue weighted by molar-refractivity contribution is 8.18. The summed E-state index contributed by atoms with van der Waals surface area (Å²) in [5.74, 6) is -1.81. The van der Waals surface area contributed by atoms with Crippen LogP contribution in [0.25, 0.3) is 6.08 Å². The lowest BCUT2D eigenvalue weighted by Crippen LogP contribution is -2.34. The van der Waals surface area contributed by atoms with Gasteiger partial charge < -0.3 is 14.2 Å². The molecule has 0 saturated carbocycles. The maximum atomic E-state index is 12.6. The number of rotatable bonds is 6. The molecule has 0 aromatic heterocycles.